The van der Waals surface area contributed by atoms with Gasteiger partial charge in [-0.25, -0.2) is 14.1 Å². The number of hydrogen-bond acceptors (Lipinski definition) is 5. The van der Waals surface area contributed by atoms with Gasteiger partial charge in [0.1, 0.15) is 25.0 Å². The molecule has 0 bridgehead atoms. The number of hydrogen-bond donors (Lipinski definition) is 1. The number of nitrogens with zero attached hydrogens (tertiary/aromatic N) is 4. The summed E-state index contributed by atoms with van der Waals surface area (Å²) in [6.45, 7) is 20.9. The summed E-state index contributed by atoms with van der Waals surface area (Å²) in [4.78, 5) is 4.99. The van der Waals surface area contributed by atoms with Crippen molar-refractivity contribution in [2.75, 3.05) is 20.3 Å². The van der Waals surface area contributed by atoms with E-state index in [1.54, 1.807) is 6.07 Å². The smallest absolute Gasteiger partial charge is 0.163 e. The van der Waals surface area contributed by atoms with Crippen molar-refractivity contribution < 1.29 is 13.9 Å². The molecular weight excluding hydrogens is 574 g/mol. The second-order valence-corrected chi connectivity index (χ2v) is 25.2. The maximum Gasteiger partial charge on any atom is 0.163 e. The topological polar surface area (TPSA) is 66.1 Å². The van der Waals surface area contributed by atoms with Gasteiger partial charge in [0.15, 0.2) is 5.82 Å². The van der Waals surface area contributed by atoms with Crippen LogP contribution in [-0.4, -0.2) is 55.7 Å². The zero-order valence-electron chi connectivity index (χ0n) is 27.6. The lowest BCUT2D eigenvalue weighted by Crippen LogP contribution is -2.22. The van der Waals surface area contributed by atoms with Crippen LogP contribution in [0.15, 0.2) is 36.5 Å². The second-order valence-electron chi connectivity index (χ2n) is 13.9. The average molecular weight is 624 g/mol. The summed E-state index contributed by atoms with van der Waals surface area (Å²) in [6, 6.07) is 12.1. The molecule has 0 radical (unpaired) electrons. The Labute approximate surface area is 258 Å². The fourth-order valence-electron chi connectivity index (χ4n) is 5.00. The van der Waals surface area contributed by atoms with E-state index in [4.69, 9.17) is 19.6 Å². The molecule has 7 nitrogen and oxygen atoms in total. The Morgan fingerprint density at radius 2 is 1.60 bits per heavy atom. The van der Waals surface area contributed by atoms with Crippen LogP contribution in [0.3, 0.4) is 0 Å². The first kappa shape index (κ1) is 33.3. The second kappa shape index (κ2) is 14.0. The standard InChI is InChI=1S/C33H50FN5O2Si2/c1-10-25-17-24(2)30(34)19-29(25)26-11-12-28-31(18-26)39(23-41-14-16-43(7,8)9)37-32(28)33-36-27(20-35-3)21-38(33)22-40-13-15-42(4,5)6/h11-12,17-19,21,35H,10,13-16,20,22-23H2,1-9H3. The van der Waals surface area contributed by atoms with Crippen LogP contribution in [0.1, 0.15) is 23.7 Å². The zero-order chi connectivity index (χ0) is 31.4. The van der Waals surface area contributed by atoms with E-state index in [1.165, 1.54) is 0 Å². The van der Waals surface area contributed by atoms with Crippen LogP contribution in [0.5, 0.6) is 0 Å². The Hall–Kier alpha value is -2.64. The number of benzene rings is 2. The fraction of sp³-hybridized carbons (Fsp3) is 0.515. The molecule has 43 heavy (non-hydrogen) atoms. The zero-order valence-corrected chi connectivity index (χ0v) is 29.6. The summed E-state index contributed by atoms with van der Waals surface area (Å²) < 4.78 is 31.1. The van der Waals surface area contributed by atoms with Gasteiger partial charge >= 0.3 is 0 Å². The lowest BCUT2D eigenvalue weighted by atomic mass is 9.95. The summed E-state index contributed by atoms with van der Waals surface area (Å²) >= 11 is 0. The minimum Gasteiger partial charge on any atom is -0.361 e. The molecule has 0 unspecified atom stereocenters. The third-order valence-electron chi connectivity index (χ3n) is 7.66. The average Bonchev–Trinajstić information content (AvgIpc) is 3.50. The number of halogens is 1. The van der Waals surface area contributed by atoms with Gasteiger partial charge in [-0.05, 0) is 72.9 Å². The van der Waals surface area contributed by atoms with Gasteiger partial charge in [0.05, 0.1) is 11.2 Å². The minimum atomic E-state index is -1.23. The number of aromatic nitrogens is 4. The highest BCUT2D eigenvalue weighted by molar-refractivity contribution is 6.76. The summed E-state index contributed by atoms with van der Waals surface area (Å²) in [5, 5.41) is 9.27. The first-order chi connectivity index (χ1) is 20.3. The molecule has 0 aliphatic heterocycles. The molecule has 2 aromatic heterocycles. The van der Waals surface area contributed by atoms with E-state index in [9.17, 15) is 4.39 Å². The quantitative estimate of drug-likeness (QED) is 0.108. The van der Waals surface area contributed by atoms with Crippen LogP contribution in [-0.2, 0) is 35.9 Å². The lowest BCUT2D eigenvalue weighted by Gasteiger charge is -2.16. The van der Waals surface area contributed by atoms with Gasteiger partial charge in [-0.1, -0.05) is 58.3 Å². The molecule has 0 saturated heterocycles. The molecule has 0 aliphatic rings. The molecule has 4 aromatic rings. The normalized spacial score (nSPS) is 12.5. The van der Waals surface area contributed by atoms with Crippen molar-refractivity contribution in [1.29, 1.82) is 0 Å². The summed E-state index contributed by atoms with van der Waals surface area (Å²) in [6.07, 6.45) is 2.87. The number of ether oxygens (including phenoxy) is 2. The minimum absolute atomic E-state index is 0.190. The first-order valence-corrected chi connectivity index (χ1v) is 22.9. The van der Waals surface area contributed by atoms with Crippen LogP contribution in [0.25, 0.3) is 33.5 Å². The maximum atomic E-state index is 14.7. The molecule has 0 spiro atoms. The van der Waals surface area contributed by atoms with Gasteiger partial charge in [0.25, 0.3) is 0 Å². The third kappa shape index (κ3) is 8.72. The molecule has 4 rings (SSSR count). The predicted octanol–water partition coefficient (Wildman–Crippen LogP) is 7.92. The van der Waals surface area contributed by atoms with Gasteiger partial charge in [0, 0.05) is 47.5 Å². The van der Waals surface area contributed by atoms with Crippen molar-refractivity contribution >= 4 is 27.1 Å². The largest absolute Gasteiger partial charge is 0.361 e. The molecule has 0 saturated carbocycles. The number of aryl methyl sites for hydroxylation is 2. The van der Waals surface area contributed by atoms with E-state index in [-0.39, 0.29) is 5.82 Å². The van der Waals surface area contributed by atoms with Crippen LogP contribution in [0, 0.1) is 12.7 Å². The Balaban J connectivity index is 1.77. The number of fused-ring (bicyclic) bond motifs is 1. The molecule has 0 amide bonds. The monoisotopic (exact) mass is 623 g/mol. The lowest BCUT2D eigenvalue weighted by molar-refractivity contribution is 0.0816. The predicted molar refractivity (Wildman–Crippen MR) is 181 cm³/mol. The highest BCUT2D eigenvalue weighted by Gasteiger charge is 2.21. The molecule has 234 valence electrons. The highest BCUT2D eigenvalue weighted by Crippen LogP contribution is 2.34. The van der Waals surface area contributed by atoms with E-state index in [1.807, 2.05) is 30.9 Å². The molecular formula is C33H50FN5O2Si2. The van der Waals surface area contributed by atoms with Gasteiger partial charge in [0.2, 0.25) is 0 Å². The Morgan fingerprint density at radius 3 is 2.23 bits per heavy atom. The van der Waals surface area contributed by atoms with E-state index in [2.05, 4.69) is 74.3 Å². The first-order valence-electron chi connectivity index (χ1n) is 15.5. The van der Waals surface area contributed by atoms with Crippen LogP contribution >= 0.6 is 0 Å². The van der Waals surface area contributed by atoms with Crippen LogP contribution in [0.2, 0.25) is 51.4 Å². The number of rotatable bonds is 15. The van der Waals surface area contributed by atoms with Crippen molar-refractivity contribution in [3.8, 4) is 22.6 Å². The van der Waals surface area contributed by atoms with Crippen molar-refractivity contribution in [2.24, 2.45) is 0 Å². The van der Waals surface area contributed by atoms with Crippen molar-refractivity contribution in [3.05, 3.63) is 59.2 Å². The van der Waals surface area contributed by atoms with Gasteiger partial charge in [-0.3, -0.25) is 0 Å². The molecule has 0 fully saturated rings. The summed E-state index contributed by atoms with van der Waals surface area (Å²) in [7, 11) is -0.509. The molecule has 10 heteroatoms. The van der Waals surface area contributed by atoms with Crippen molar-refractivity contribution in [1.82, 2.24) is 24.6 Å². The molecule has 0 atom stereocenters. The van der Waals surface area contributed by atoms with E-state index >= 15 is 0 Å². The summed E-state index contributed by atoms with van der Waals surface area (Å²) in [5.74, 6) is 0.580. The van der Waals surface area contributed by atoms with Crippen molar-refractivity contribution in [3.63, 3.8) is 0 Å². The molecule has 0 aliphatic carbocycles. The fourth-order valence-corrected chi connectivity index (χ4v) is 6.52. The van der Waals surface area contributed by atoms with Gasteiger partial charge in [-0.2, -0.15) is 5.10 Å². The maximum absolute atomic E-state index is 14.7. The van der Waals surface area contributed by atoms with Crippen LogP contribution in [0.4, 0.5) is 4.39 Å². The number of imidazole rings is 1. The number of nitrogens with one attached hydrogen (secondary N) is 1. The highest BCUT2D eigenvalue weighted by atomic mass is 28.3. The molecule has 1 N–H and O–H groups in total. The van der Waals surface area contributed by atoms with Crippen molar-refractivity contribution in [2.45, 2.75) is 91.6 Å². The molecule has 2 heterocycles. The Kier molecular flexibility index (Phi) is 10.8. The van der Waals surface area contributed by atoms with Crippen LogP contribution < -0.4 is 5.32 Å². The van der Waals surface area contributed by atoms with Gasteiger partial charge < -0.3 is 19.4 Å². The van der Waals surface area contributed by atoms with E-state index in [0.717, 1.165) is 69.9 Å². The Morgan fingerprint density at radius 1 is 0.930 bits per heavy atom. The Bertz CT molecular complexity index is 1540. The van der Waals surface area contributed by atoms with E-state index in [0.29, 0.717) is 32.2 Å². The molecule has 2 aromatic carbocycles. The van der Waals surface area contributed by atoms with Gasteiger partial charge in [-0.15, -0.1) is 0 Å². The van der Waals surface area contributed by atoms with E-state index < -0.39 is 16.1 Å². The summed E-state index contributed by atoms with van der Waals surface area (Å²) in [5.41, 5.74) is 6.33. The SMILES string of the molecule is CCc1cc(C)c(F)cc1-c1ccc2c(-c3nc(CNC)cn3COCC[Si](C)(C)C)nn(COCC[Si](C)(C)C)c2c1. The third-order valence-corrected chi connectivity index (χ3v) is 11.1.